The van der Waals surface area contributed by atoms with Crippen molar-refractivity contribution in [3.63, 3.8) is 0 Å². The van der Waals surface area contributed by atoms with E-state index in [9.17, 15) is 4.79 Å². The first-order valence-electron chi connectivity index (χ1n) is 10.9. The average molecular weight is 432 g/mol. The fraction of sp³-hybridized carbons (Fsp3) is 0.583. The quantitative estimate of drug-likeness (QED) is 0.717. The molecule has 1 fully saturated rings. The minimum absolute atomic E-state index is 0. The van der Waals surface area contributed by atoms with Crippen LogP contribution in [0, 0.1) is 18.3 Å². The summed E-state index contributed by atoms with van der Waals surface area (Å²) in [4.78, 5) is 17.5. The Hall–Kier alpha value is -1.85. The van der Waals surface area contributed by atoms with Gasteiger partial charge in [0, 0.05) is 44.7 Å². The molecule has 0 radical (unpaired) electrons. The molecule has 1 saturated heterocycles. The van der Waals surface area contributed by atoms with Gasteiger partial charge in [-0.2, -0.15) is 0 Å². The van der Waals surface area contributed by atoms with Gasteiger partial charge < -0.3 is 9.42 Å². The number of benzene rings is 1. The summed E-state index contributed by atoms with van der Waals surface area (Å²) in [6, 6.07) is 8.71. The van der Waals surface area contributed by atoms with Gasteiger partial charge in [0.15, 0.2) is 5.69 Å². The lowest BCUT2D eigenvalue weighted by atomic mass is 9.71. The van der Waals surface area contributed by atoms with Crippen molar-refractivity contribution in [2.24, 2.45) is 11.3 Å². The van der Waals surface area contributed by atoms with E-state index < -0.39 is 0 Å². The van der Waals surface area contributed by atoms with E-state index >= 15 is 0 Å². The first-order valence-corrected chi connectivity index (χ1v) is 10.9. The van der Waals surface area contributed by atoms with Crippen molar-refractivity contribution in [2.45, 2.75) is 53.5 Å². The fourth-order valence-corrected chi connectivity index (χ4v) is 4.52. The van der Waals surface area contributed by atoms with E-state index in [4.69, 9.17) is 4.52 Å². The molecule has 0 N–H and O–H groups in total. The smallest absolute Gasteiger partial charge is 0.276 e. The van der Waals surface area contributed by atoms with Crippen molar-refractivity contribution in [2.75, 3.05) is 26.2 Å². The Morgan fingerprint density at radius 1 is 1.13 bits per heavy atom. The molecule has 30 heavy (non-hydrogen) atoms. The summed E-state index contributed by atoms with van der Waals surface area (Å²) < 4.78 is 5.56. The molecule has 0 saturated carbocycles. The zero-order valence-electron chi connectivity index (χ0n) is 18.6. The van der Waals surface area contributed by atoms with Gasteiger partial charge in [-0.05, 0) is 36.7 Å². The summed E-state index contributed by atoms with van der Waals surface area (Å²) in [5, 5.41) is 4.20. The van der Waals surface area contributed by atoms with Crippen molar-refractivity contribution in [3.8, 4) is 0 Å². The molecule has 1 aromatic carbocycles. The maximum absolute atomic E-state index is 13.2. The van der Waals surface area contributed by atoms with Crippen LogP contribution in [0.2, 0.25) is 0 Å². The fourth-order valence-electron chi connectivity index (χ4n) is 4.52. The van der Waals surface area contributed by atoms with Gasteiger partial charge >= 0.3 is 0 Å². The number of aromatic nitrogens is 1. The maximum atomic E-state index is 13.2. The number of rotatable bonds is 3. The molecule has 1 atom stereocenters. The molecule has 5 nitrogen and oxygen atoms in total. The van der Waals surface area contributed by atoms with Gasteiger partial charge in [0.1, 0.15) is 5.76 Å². The minimum atomic E-state index is 0. The predicted octanol–water partition coefficient (Wildman–Crippen LogP) is 4.51. The molecular weight excluding hydrogens is 398 g/mol. The molecular formula is C24H34ClN3O2. The number of fused-ring (bicyclic) bond motifs is 1. The van der Waals surface area contributed by atoms with E-state index in [0.29, 0.717) is 11.6 Å². The number of amides is 1. The van der Waals surface area contributed by atoms with Gasteiger partial charge in [-0.3, -0.25) is 9.69 Å². The highest BCUT2D eigenvalue weighted by molar-refractivity contribution is 5.94. The monoisotopic (exact) mass is 431 g/mol. The summed E-state index contributed by atoms with van der Waals surface area (Å²) in [6.07, 6.45) is 2.90. The van der Waals surface area contributed by atoms with Crippen molar-refractivity contribution >= 4 is 18.3 Å². The second kappa shape index (κ2) is 9.11. The van der Waals surface area contributed by atoms with Crippen LogP contribution in [0.5, 0.6) is 0 Å². The third kappa shape index (κ3) is 4.89. The zero-order chi connectivity index (χ0) is 20.6. The molecule has 0 bridgehead atoms. The number of hydrogen-bond donors (Lipinski definition) is 0. The molecule has 4 rings (SSSR count). The molecule has 1 unspecified atom stereocenters. The largest absolute Gasteiger partial charge is 0.360 e. The topological polar surface area (TPSA) is 49.6 Å². The molecule has 1 aliphatic carbocycles. The average Bonchev–Trinajstić information content (AvgIpc) is 3.12. The van der Waals surface area contributed by atoms with Crippen LogP contribution >= 0.6 is 12.4 Å². The zero-order valence-corrected chi connectivity index (χ0v) is 19.4. The first-order chi connectivity index (χ1) is 13.8. The molecule has 2 heterocycles. The van der Waals surface area contributed by atoms with Crippen molar-refractivity contribution in [1.82, 2.24) is 15.0 Å². The number of piperazine rings is 1. The normalized spacial score (nSPS) is 19.9. The standard InChI is InChI=1S/C24H33N3O2.ClH/c1-17-5-7-18(8-6-17)16-26-11-13-27(14-12-26)23(28)22-20-15-19(24(2,3)4)9-10-21(20)29-25-22;/h5-8,19H,9-16H2,1-4H3;1H. The molecule has 2 aliphatic rings. The summed E-state index contributed by atoms with van der Waals surface area (Å²) in [7, 11) is 0. The van der Waals surface area contributed by atoms with E-state index in [1.807, 2.05) is 4.90 Å². The molecule has 1 amide bonds. The summed E-state index contributed by atoms with van der Waals surface area (Å²) in [5.41, 5.74) is 4.46. The molecule has 6 heteroatoms. The Kier molecular flexibility index (Phi) is 6.93. The molecule has 1 aliphatic heterocycles. The second-order valence-corrected chi connectivity index (χ2v) is 9.79. The van der Waals surface area contributed by atoms with Gasteiger partial charge in [-0.15, -0.1) is 12.4 Å². The van der Waals surface area contributed by atoms with E-state index in [2.05, 4.69) is 62.0 Å². The third-order valence-corrected chi connectivity index (χ3v) is 6.65. The number of nitrogens with zero attached hydrogens (tertiary/aromatic N) is 3. The van der Waals surface area contributed by atoms with E-state index in [0.717, 1.165) is 63.3 Å². The first kappa shape index (κ1) is 22.8. The van der Waals surface area contributed by atoms with Crippen LogP contribution in [0.25, 0.3) is 0 Å². The highest BCUT2D eigenvalue weighted by atomic mass is 35.5. The van der Waals surface area contributed by atoms with Crippen LogP contribution in [-0.4, -0.2) is 47.0 Å². The highest BCUT2D eigenvalue weighted by Crippen LogP contribution is 2.38. The van der Waals surface area contributed by atoms with Crippen LogP contribution in [0.1, 0.15) is 60.1 Å². The maximum Gasteiger partial charge on any atom is 0.276 e. The number of hydrogen-bond acceptors (Lipinski definition) is 4. The lowest BCUT2D eigenvalue weighted by Crippen LogP contribution is -2.48. The lowest BCUT2D eigenvalue weighted by molar-refractivity contribution is 0.0617. The number of carbonyl (C=O) groups excluding carboxylic acids is 1. The summed E-state index contributed by atoms with van der Waals surface area (Å²) in [6.45, 7) is 13.2. The Morgan fingerprint density at radius 3 is 2.43 bits per heavy atom. The van der Waals surface area contributed by atoms with Gasteiger partial charge in [-0.1, -0.05) is 55.8 Å². The Labute approximate surface area is 186 Å². The van der Waals surface area contributed by atoms with Crippen LogP contribution in [-0.2, 0) is 19.4 Å². The van der Waals surface area contributed by atoms with Crippen molar-refractivity contribution < 1.29 is 9.32 Å². The second-order valence-electron chi connectivity index (χ2n) is 9.79. The Balaban J connectivity index is 0.00000256. The Morgan fingerprint density at radius 2 is 1.80 bits per heavy atom. The van der Waals surface area contributed by atoms with Gasteiger partial charge in [-0.25, -0.2) is 0 Å². The highest BCUT2D eigenvalue weighted by Gasteiger charge is 2.35. The molecule has 1 aromatic heterocycles. The van der Waals surface area contributed by atoms with E-state index in [-0.39, 0.29) is 23.7 Å². The van der Waals surface area contributed by atoms with Crippen molar-refractivity contribution in [3.05, 3.63) is 52.4 Å². The molecule has 164 valence electrons. The molecule has 0 spiro atoms. The molecule has 2 aromatic rings. The summed E-state index contributed by atoms with van der Waals surface area (Å²) >= 11 is 0. The minimum Gasteiger partial charge on any atom is -0.360 e. The van der Waals surface area contributed by atoms with Crippen LogP contribution in [0.4, 0.5) is 0 Å². The van der Waals surface area contributed by atoms with Gasteiger partial charge in [0.05, 0.1) is 0 Å². The Bertz CT molecular complexity index is 862. The number of halogens is 1. The van der Waals surface area contributed by atoms with Crippen LogP contribution in [0.15, 0.2) is 28.8 Å². The predicted molar refractivity (Wildman–Crippen MR) is 121 cm³/mol. The van der Waals surface area contributed by atoms with E-state index in [1.165, 1.54) is 11.1 Å². The van der Waals surface area contributed by atoms with Crippen molar-refractivity contribution in [1.29, 1.82) is 0 Å². The lowest BCUT2D eigenvalue weighted by Gasteiger charge is -2.35. The third-order valence-electron chi connectivity index (χ3n) is 6.65. The van der Waals surface area contributed by atoms with Gasteiger partial charge in [0.25, 0.3) is 5.91 Å². The van der Waals surface area contributed by atoms with Crippen LogP contribution in [0.3, 0.4) is 0 Å². The number of carbonyl (C=O) groups is 1. The summed E-state index contributed by atoms with van der Waals surface area (Å²) in [5.74, 6) is 1.53. The van der Waals surface area contributed by atoms with E-state index in [1.54, 1.807) is 0 Å². The SMILES string of the molecule is Cc1ccc(CN2CCN(C(=O)c3noc4c3CC(C(C)(C)C)CC4)CC2)cc1.Cl. The van der Waals surface area contributed by atoms with Gasteiger partial charge in [0.2, 0.25) is 0 Å². The van der Waals surface area contributed by atoms with Crippen LogP contribution < -0.4 is 0 Å². The number of aryl methyl sites for hydroxylation is 2.